The van der Waals surface area contributed by atoms with E-state index in [2.05, 4.69) is 18.7 Å². The average Bonchev–Trinajstić information content (AvgIpc) is 2.18. The molecule has 0 bridgehead atoms. The normalized spacial score (nSPS) is 18.7. The maximum atomic E-state index is 10.6. The minimum Gasteiger partial charge on any atom is -0.481 e. The third-order valence-corrected chi connectivity index (χ3v) is 3.96. The van der Waals surface area contributed by atoms with Gasteiger partial charge in [0.15, 0.2) is 0 Å². The zero-order valence-electron chi connectivity index (χ0n) is 9.61. The summed E-state index contributed by atoms with van der Waals surface area (Å²) in [5, 5.41) is 8.71. The summed E-state index contributed by atoms with van der Waals surface area (Å²) in [6.07, 6.45) is 2.69. The quantitative estimate of drug-likeness (QED) is 0.786. The van der Waals surface area contributed by atoms with Crippen molar-refractivity contribution in [1.29, 1.82) is 0 Å². The summed E-state index contributed by atoms with van der Waals surface area (Å²) >= 11 is 2.01. The lowest BCUT2D eigenvalue weighted by Gasteiger charge is -2.36. The highest BCUT2D eigenvalue weighted by Gasteiger charge is 2.23. The lowest BCUT2D eigenvalue weighted by molar-refractivity contribution is -0.137. The van der Waals surface area contributed by atoms with Crippen LogP contribution in [0.4, 0.5) is 0 Å². The second-order valence-corrected chi connectivity index (χ2v) is 5.54. The molecule has 1 aliphatic heterocycles. The largest absolute Gasteiger partial charge is 0.481 e. The first-order chi connectivity index (χ1) is 7.11. The molecule has 15 heavy (non-hydrogen) atoms. The van der Waals surface area contributed by atoms with Gasteiger partial charge in [0.1, 0.15) is 0 Å². The van der Waals surface area contributed by atoms with E-state index in [0.29, 0.717) is 18.6 Å². The van der Waals surface area contributed by atoms with Crippen molar-refractivity contribution in [2.24, 2.45) is 0 Å². The van der Waals surface area contributed by atoms with Crippen LogP contribution >= 0.6 is 11.8 Å². The number of rotatable bonds is 5. The van der Waals surface area contributed by atoms with Crippen LogP contribution in [0.2, 0.25) is 0 Å². The maximum Gasteiger partial charge on any atom is 0.304 e. The van der Waals surface area contributed by atoms with Crippen molar-refractivity contribution in [2.45, 2.75) is 45.2 Å². The molecule has 0 amide bonds. The molecule has 3 nitrogen and oxygen atoms in total. The predicted octanol–water partition coefficient (Wildman–Crippen LogP) is 2.07. The second-order valence-electron chi connectivity index (χ2n) is 4.32. The molecule has 0 radical (unpaired) electrons. The van der Waals surface area contributed by atoms with Crippen molar-refractivity contribution in [2.75, 3.05) is 18.1 Å². The van der Waals surface area contributed by atoms with Gasteiger partial charge in [0.25, 0.3) is 0 Å². The van der Waals surface area contributed by atoms with Crippen molar-refractivity contribution in [3.8, 4) is 0 Å². The third-order valence-electron chi connectivity index (χ3n) is 2.91. The summed E-state index contributed by atoms with van der Waals surface area (Å²) in [5.74, 6) is 1.76. The molecule has 0 saturated carbocycles. The lowest BCUT2D eigenvalue weighted by atomic mass is 10.1. The fraction of sp³-hybridized carbons (Fsp3) is 0.909. The first-order valence-electron chi connectivity index (χ1n) is 5.66. The van der Waals surface area contributed by atoms with Gasteiger partial charge in [0.2, 0.25) is 0 Å². The Kier molecular flexibility index (Phi) is 5.47. The Labute approximate surface area is 96.2 Å². The van der Waals surface area contributed by atoms with Crippen LogP contribution in [0.3, 0.4) is 0 Å². The van der Waals surface area contributed by atoms with Crippen LogP contribution in [-0.4, -0.2) is 46.1 Å². The summed E-state index contributed by atoms with van der Waals surface area (Å²) in [4.78, 5) is 12.9. The van der Waals surface area contributed by atoms with Gasteiger partial charge >= 0.3 is 5.97 Å². The van der Waals surface area contributed by atoms with E-state index in [0.717, 1.165) is 0 Å². The molecule has 0 aromatic rings. The molecule has 0 aromatic heterocycles. The van der Waals surface area contributed by atoms with Crippen LogP contribution in [0.5, 0.6) is 0 Å². The Morgan fingerprint density at radius 3 is 2.53 bits per heavy atom. The molecule has 1 N–H and O–H groups in total. The van der Waals surface area contributed by atoms with Gasteiger partial charge in [-0.2, -0.15) is 11.8 Å². The molecule has 0 unspecified atom stereocenters. The van der Waals surface area contributed by atoms with Crippen LogP contribution in [-0.2, 0) is 4.79 Å². The van der Waals surface area contributed by atoms with Crippen molar-refractivity contribution in [3.63, 3.8) is 0 Å². The van der Waals surface area contributed by atoms with E-state index in [4.69, 9.17) is 5.11 Å². The number of thioether (sulfide) groups is 1. The van der Waals surface area contributed by atoms with Crippen LogP contribution in [0, 0.1) is 0 Å². The molecular weight excluding hydrogens is 210 g/mol. The van der Waals surface area contributed by atoms with E-state index in [1.54, 1.807) is 0 Å². The van der Waals surface area contributed by atoms with Crippen LogP contribution < -0.4 is 0 Å². The molecule has 88 valence electrons. The standard InChI is InChI=1S/C11H21NO2S/c1-9(2)12(6-3-11(13)14)10-4-7-15-8-5-10/h9-10H,3-8H2,1-2H3,(H,13,14). The minimum atomic E-state index is -0.689. The van der Waals surface area contributed by atoms with E-state index in [9.17, 15) is 4.79 Å². The van der Waals surface area contributed by atoms with E-state index < -0.39 is 5.97 Å². The predicted molar refractivity (Wildman–Crippen MR) is 64.4 cm³/mol. The molecule has 4 heteroatoms. The third kappa shape index (κ3) is 4.43. The average molecular weight is 231 g/mol. The summed E-state index contributed by atoms with van der Waals surface area (Å²) in [7, 11) is 0. The fourth-order valence-corrected chi connectivity index (χ4v) is 3.19. The van der Waals surface area contributed by atoms with Gasteiger partial charge in [-0.25, -0.2) is 0 Å². The second kappa shape index (κ2) is 6.38. The van der Waals surface area contributed by atoms with Crippen molar-refractivity contribution >= 4 is 17.7 Å². The van der Waals surface area contributed by atoms with Gasteiger partial charge in [-0.15, -0.1) is 0 Å². The number of hydrogen-bond donors (Lipinski definition) is 1. The lowest BCUT2D eigenvalue weighted by Crippen LogP contribution is -2.43. The van der Waals surface area contributed by atoms with Crippen LogP contribution in [0.1, 0.15) is 33.1 Å². The first kappa shape index (κ1) is 12.8. The molecular formula is C11H21NO2S. The van der Waals surface area contributed by atoms with Gasteiger partial charge in [-0.05, 0) is 38.2 Å². The molecule has 0 aromatic carbocycles. The Balaban J connectivity index is 2.44. The summed E-state index contributed by atoms with van der Waals surface area (Å²) in [6.45, 7) is 5.01. The van der Waals surface area contributed by atoms with E-state index >= 15 is 0 Å². The van der Waals surface area contributed by atoms with Crippen LogP contribution in [0.25, 0.3) is 0 Å². The molecule has 1 fully saturated rings. The van der Waals surface area contributed by atoms with Gasteiger partial charge in [-0.1, -0.05) is 0 Å². The molecule has 1 heterocycles. The Hall–Kier alpha value is -0.220. The summed E-state index contributed by atoms with van der Waals surface area (Å²) < 4.78 is 0. The first-order valence-corrected chi connectivity index (χ1v) is 6.82. The fourth-order valence-electron chi connectivity index (χ4n) is 2.10. The zero-order valence-corrected chi connectivity index (χ0v) is 10.4. The number of carbonyl (C=O) groups is 1. The molecule has 1 rings (SSSR count). The SMILES string of the molecule is CC(C)N(CCC(=O)O)C1CCSCC1. The van der Waals surface area contributed by atoms with Crippen molar-refractivity contribution in [1.82, 2.24) is 4.90 Å². The van der Waals surface area contributed by atoms with Crippen molar-refractivity contribution < 1.29 is 9.90 Å². The highest BCUT2D eigenvalue weighted by molar-refractivity contribution is 7.99. The Bertz CT molecular complexity index is 203. The highest BCUT2D eigenvalue weighted by atomic mass is 32.2. The van der Waals surface area contributed by atoms with Gasteiger partial charge in [-0.3, -0.25) is 9.69 Å². The minimum absolute atomic E-state index is 0.266. The molecule has 0 aliphatic carbocycles. The highest BCUT2D eigenvalue weighted by Crippen LogP contribution is 2.23. The van der Waals surface area contributed by atoms with E-state index in [-0.39, 0.29) is 6.42 Å². The molecule has 1 saturated heterocycles. The number of aliphatic carboxylic acids is 1. The topological polar surface area (TPSA) is 40.5 Å². The molecule has 0 spiro atoms. The monoisotopic (exact) mass is 231 g/mol. The zero-order chi connectivity index (χ0) is 11.3. The van der Waals surface area contributed by atoms with E-state index in [1.807, 2.05) is 11.8 Å². The Morgan fingerprint density at radius 2 is 2.07 bits per heavy atom. The Morgan fingerprint density at radius 1 is 1.47 bits per heavy atom. The van der Waals surface area contributed by atoms with Crippen LogP contribution in [0.15, 0.2) is 0 Å². The summed E-state index contributed by atoms with van der Waals surface area (Å²) in [6, 6.07) is 1.06. The van der Waals surface area contributed by atoms with Gasteiger partial charge in [0, 0.05) is 18.6 Å². The van der Waals surface area contributed by atoms with Gasteiger partial charge < -0.3 is 5.11 Å². The van der Waals surface area contributed by atoms with E-state index in [1.165, 1.54) is 24.3 Å². The van der Waals surface area contributed by atoms with Crippen molar-refractivity contribution in [3.05, 3.63) is 0 Å². The smallest absolute Gasteiger partial charge is 0.304 e. The number of hydrogen-bond acceptors (Lipinski definition) is 3. The van der Waals surface area contributed by atoms with Gasteiger partial charge in [0.05, 0.1) is 6.42 Å². The number of carboxylic acid groups (broad SMARTS) is 1. The number of carboxylic acids is 1. The maximum absolute atomic E-state index is 10.6. The molecule has 0 atom stereocenters. The number of nitrogens with zero attached hydrogens (tertiary/aromatic N) is 1. The molecule has 1 aliphatic rings. The summed E-state index contributed by atoms with van der Waals surface area (Å²) in [5.41, 5.74) is 0.